The molecule has 2 nitrogen and oxygen atoms in total. The number of nitrogens with two attached hydrogens (primary N) is 1. The molecule has 0 fully saturated rings. The molecule has 1 aromatic rings. The highest BCUT2D eigenvalue weighted by molar-refractivity contribution is 5.08. The van der Waals surface area contributed by atoms with Gasteiger partial charge in [-0.3, -0.25) is 0 Å². The van der Waals surface area contributed by atoms with Crippen molar-refractivity contribution in [2.45, 2.75) is 20.3 Å². The van der Waals surface area contributed by atoms with E-state index in [2.05, 4.69) is 13.0 Å². The molecule has 2 N–H and O–H groups in total. The summed E-state index contributed by atoms with van der Waals surface area (Å²) < 4.78 is 1.65. The van der Waals surface area contributed by atoms with E-state index < -0.39 is 0 Å². The summed E-state index contributed by atoms with van der Waals surface area (Å²) in [5.74, 6) is 5.61. The summed E-state index contributed by atoms with van der Waals surface area (Å²) in [7, 11) is 0. The van der Waals surface area contributed by atoms with E-state index >= 15 is 0 Å². The number of hydrogen-bond donors (Lipinski definition) is 1. The van der Waals surface area contributed by atoms with Gasteiger partial charge in [-0.15, -0.1) is 0 Å². The van der Waals surface area contributed by atoms with Gasteiger partial charge in [0, 0.05) is 18.6 Å². The smallest absolute Gasteiger partial charge is 0.208 e. The summed E-state index contributed by atoms with van der Waals surface area (Å²) in [5.41, 5.74) is 2.35. The fraction of sp³-hybridized carbons (Fsp3) is 0.375. The van der Waals surface area contributed by atoms with Crippen LogP contribution in [-0.4, -0.2) is 0 Å². The van der Waals surface area contributed by atoms with Crippen LogP contribution in [0.2, 0.25) is 0 Å². The lowest BCUT2D eigenvalue weighted by atomic mass is 10.2. The molecule has 0 radical (unpaired) electrons. The van der Waals surface area contributed by atoms with Crippen molar-refractivity contribution >= 4 is 0 Å². The number of nitrogens with zero attached hydrogens (tertiary/aromatic N) is 1. The van der Waals surface area contributed by atoms with Gasteiger partial charge < -0.3 is 12.4 Å². The van der Waals surface area contributed by atoms with Crippen LogP contribution in [0, 0.1) is 6.92 Å². The third-order valence-electron chi connectivity index (χ3n) is 1.66. The predicted molar refractivity (Wildman–Crippen MR) is 40.9 cm³/mol. The summed E-state index contributed by atoms with van der Waals surface area (Å²) in [4.78, 5) is 0. The fourth-order valence-electron chi connectivity index (χ4n) is 0.846. The third kappa shape index (κ3) is 2.39. The largest absolute Gasteiger partial charge is 1.00 e. The molecule has 0 bridgehead atoms. The van der Waals surface area contributed by atoms with Crippen LogP contribution in [0.15, 0.2) is 18.3 Å². The van der Waals surface area contributed by atoms with Gasteiger partial charge in [-0.05, 0) is 12.5 Å². The number of rotatable bonds is 1. The van der Waals surface area contributed by atoms with Crippen LogP contribution >= 0.6 is 0 Å². The highest BCUT2D eigenvalue weighted by Crippen LogP contribution is 1.96. The van der Waals surface area contributed by atoms with E-state index in [1.165, 1.54) is 5.56 Å². The number of aromatic nitrogens is 1. The number of halogens is 1. The normalized spacial score (nSPS) is 8.91. The molecule has 1 heterocycles. The van der Waals surface area contributed by atoms with Gasteiger partial charge in [-0.2, -0.15) is 0 Å². The van der Waals surface area contributed by atoms with Crippen LogP contribution in [0.1, 0.15) is 18.2 Å². The van der Waals surface area contributed by atoms with Gasteiger partial charge >= 0.3 is 0 Å². The van der Waals surface area contributed by atoms with Crippen molar-refractivity contribution in [1.29, 1.82) is 0 Å². The first-order valence-electron chi connectivity index (χ1n) is 3.50. The zero-order valence-corrected chi connectivity index (χ0v) is 7.60. The summed E-state index contributed by atoms with van der Waals surface area (Å²) in [6.07, 6.45) is 2.99. The van der Waals surface area contributed by atoms with E-state index in [-0.39, 0.29) is 12.4 Å². The lowest BCUT2D eigenvalue weighted by Crippen LogP contribution is -3.00. The first-order valence-corrected chi connectivity index (χ1v) is 3.50. The molecular formula is C8H13ClN2. The molecule has 3 heteroatoms. The molecule has 0 aliphatic carbocycles. The van der Waals surface area contributed by atoms with E-state index in [0.717, 1.165) is 12.1 Å². The second-order valence-electron chi connectivity index (χ2n) is 2.44. The molecule has 0 unspecified atom stereocenters. The van der Waals surface area contributed by atoms with Gasteiger partial charge in [0.1, 0.15) is 0 Å². The maximum Gasteiger partial charge on any atom is 0.208 e. The molecule has 0 spiro atoms. The van der Waals surface area contributed by atoms with Crippen LogP contribution in [0.25, 0.3) is 0 Å². The Bertz CT molecular complexity index is 236. The molecule has 0 aromatic carbocycles. The Hall–Kier alpha value is -0.760. The lowest BCUT2D eigenvalue weighted by molar-refractivity contribution is -0.645. The molecular weight excluding hydrogens is 160 g/mol. The zero-order chi connectivity index (χ0) is 7.56. The summed E-state index contributed by atoms with van der Waals surface area (Å²) in [6, 6.07) is 4.12. The predicted octanol–water partition coefficient (Wildman–Crippen LogP) is -2.44. The molecule has 0 saturated carbocycles. The Morgan fingerprint density at radius 3 is 2.55 bits per heavy atom. The average Bonchev–Trinajstić information content (AvgIpc) is 1.95. The highest BCUT2D eigenvalue weighted by Gasteiger charge is 2.00. The Balaban J connectivity index is 0.000001000. The zero-order valence-electron chi connectivity index (χ0n) is 6.84. The standard InChI is InChI=1S/C8H13N2.ClH/c1-3-8-5-4-7(2)10(9)6-8;/h4-6H,3,9H2,1-2H3;1H/q+1;/p-1. The molecule has 0 atom stereocenters. The molecule has 62 valence electrons. The highest BCUT2D eigenvalue weighted by atomic mass is 35.5. The minimum atomic E-state index is 0. The number of nitrogen functional groups attached to an aromatic ring is 1. The van der Waals surface area contributed by atoms with Crippen molar-refractivity contribution in [3.05, 3.63) is 29.6 Å². The molecule has 0 saturated heterocycles. The Labute approximate surface area is 73.4 Å². The van der Waals surface area contributed by atoms with E-state index in [0.29, 0.717) is 0 Å². The SMILES string of the molecule is CCc1ccc(C)[n+](N)c1.[Cl-]. The van der Waals surface area contributed by atoms with Crippen molar-refractivity contribution in [3.63, 3.8) is 0 Å². The second-order valence-corrected chi connectivity index (χ2v) is 2.44. The Morgan fingerprint density at radius 2 is 2.09 bits per heavy atom. The minimum Gasteiger partial charge on any atom is -1.00 e. The minimum absolute atomic E-state index is 0. The quantitative estimate of drug-likeness (QED) is 0.371. The van der Waals surface area contributed by atoms with Gasteiger partial charge in [0.2, 0.25) is 11.9 Å². The summed E-state index contributed by atoms with van der Waals surface area (Å²) in [6.45, 7) is 4.10. The van der Waals surface area contributed by atoms with Crippen LogP contribution in [0.5, 0.6) is 0 Å². The Kier molecular flexibility index (Phi) is 3.90. The topological polar surface area (TPSA) is 29.9 Å². The first kappa shape index (κ1) is 10.2. The van der Waals surface area contributed by atoms with Crippen LogP contribution in [0.3, 0.4) is 0 Å². The summed E-state index contributed by atoms with van der Waals surface area (Å²) in [5, 5.41) is 0. The van der Waals surface area contributed by atoms with Crippen molar-refractivity contribution in [1.82, 2.24) is 0 Å². The van der Waals surface area contributed by atoms with Gasteiger partial charge in [0.15, 0.2) is 0 Å². The van der Waals surface area contributed by atoms with Crippen molar-refractivity contribution < 1.29 is 17.1 Å². The molecule has 0 amide bonds. The van der Waals surface area contributed by atoms with Crippen molar-refractivity contribution in [2.75, 3.05) is 5.84 Å². The monoisotopic (exact) mass is 172 g/mol. The van der Waals surface area contributed by atoms with Crippen LogP contribution in [-0.2, 0) is 6.42 Å². The molecule has 0 aliphatic rings. The van der Waals surface area contributed by atoms with Gasteiger partial charge in [0.25, 0.3) is 0 Å². The van der Waals surface area contributed by atoms with Crippen LogP contribution < -0.4 is 22.9 Å². The number of pyridine rings is 1. The summed E-state index contributed by atoms with van der Waals surface area (Å²) >= 11 is 0. The fourth-order valence-corrected chi connectivity index (χ4v) is 0.846. The Morgan fingerprint density at radius 1 is 1.45 bits per heavy atom. The van der Waals surface area contributed by atoms with Gasteiger partial charge in [0.05, 0.1) is 0 Å². The van der Waals surface area contributed by atoms with Crippen molar-refractivity contribution in [2.24, 2.45) is 0 Å². The maximum atomic E-state index is 5.61. The van der Waals surface area contributed by atoms with Gasteiger partial charge in [-0.1, -0.05) is 11.6 Å². The number of aryl methyl sites for hydroxylation is 2. The van der Waals surface area contributed by atoms with Crippen molar-refractivity contribution in [3.8, 4) is 0 Å². The third-order valence-corrected chi connectivity index (χ3v) is 1.66. The second kappa shape index (κ2) is 4.19. The lowest BCUT2D eigenvalue weighted by Gasteiger charge is -1.94. The molecule has 0 aliphatic heterocycles. The van der Waals surface area contributed by atoms with E-state index in [1.807, 2.05) is 19.2 Å². The molecule has 1 rings (SSSR count). The maximum absolute atomic E-state index is 5.61. The molecule has 11 heavy (non-hydrogen) atoms. The first-order chi connectivity index (χ1) is 4.74. The van der Waals surface area contributed by atoms with E-state index in [4.69, 9.17) is 5.84 Å². The van der Waals surface area contributed by atoms with Gasteiger partial charge in [-0.25, -0.2) is 5.84 Å². The van der Waals surface area contributed by atoms with E-state index in [1.54, 1.807) is 4.68 Å². The number of hydrogen-bond acceptors (Lipinski definition) is 1. The average molecular weight is 173 g/mol. The van der Waals surface area contributed by atoms with Crippen LogP contribution in [0.4, 0.5) is 0 Å². The molecule has 1 aromatic heterocycles. The van der Waals surface area contributed by atoms with E-state index in [9.17, 15) is 0 Å².